The van der Waals surface area contributed by atoms with E-state index in [1.54, 1.807) is 6.92 Å². The van der Waals surface area contributed by atoms with Crippen LogP contribution in [0.15, 0.2) is 36.4 Å². The normalized spacial score (nSPS) is 11.8. The topological polar surface area (TPSA) is 95.1 Å². The molecule has 1 atom stereocenters. The summed E-state index contributed by atoms with van der Waals surface area (Å²) in [7, 11) is 4.26. The van der Waals surface area contributed by atoms with E-state index in [0.717, 1.165) is 12.1 Å². The average molecular weight is 456 g/mol. The molecular formula is C21H23F3N2O6. The summed E-state index contributed by atoms with van der Waals surface area (Å²) < 4.78 is 56.1. The van der Waals surface area contributed by atoms with Gasteiger partial charge in [0.15, 0.2) is 11.5 Å². The predicted octanol–water partition coefficient (Wildman–Crippen LogP) is 3.22. The first-order chi connectivity index (χ1) is 15.1. The largest absolute Gasteiger partial charge is 0.573 e. The summed E-state index contributed by atoms with van der Waals surface area (Å²) in [5.41, 5.74) is 0.754. The van der Waals surface area contributed by atoms with Crippen LogP contribution < -0.4 is 29.6 Å². The van der Waals surface area contributed by atoms with E-state index >= 15 is 0 Å². The van der Waals surface area contributed by atoms with Crippen molar-refractivity contribution in [3.8, 4) is 23.0 Å². The van der Waals surface area contributed by atoms with Gasteiger partial charge in [-0.2, -0.15) is 0 Å². The maximum absolute atomic E-state index is 12.4. The van der Waals surface area contributed by atoms with Gasteiger partial charge in [0.25, 0.3) is 5.91 Å². The molecule has 2 aromatic carbocycles. The molecule has 0 heterocycles. The van der Waals surface area contributed by atoms with Crippen molar-refractivity contribution in [2.75, 3.05) is 27.9 Å². The number of alkyl halides is 3. The van der Waals surface area contributed by atoms with Crippen LogP contribution in [0.5, 0.6) is 23.0 Å². The van der Waals surface area contributed by atoms with Gasteiger partial charge in [0.05, 0.1) is 33.9 Å². The second-order valence-electron chi connectivity index (χ2n) is 6.50. The van der Waals surface area contributed by atoms with Crippen molar-refractivity contribution in [2.24, 2.45) is 0 Å². The number of ether oxygens (including phenoxy) is 4. The fourth-order valence-electron chi connectivity index (χ4n) is 2.81. The standard InChI is InChI=1S/C21H23F3N2O6/c1-12(13-5-7-15(8-6-13)32-21(22,23)24)26-18(27)11-25-20(28)14-9-16(29-2)19(31-4)17(10-14)30-3/h5-10,12H,11H2,1-4H3,(H,25,28)(H,26,27). The Bertz CT molecular complexity index is 923. The number of rotatable bonds is 9. The van der Waals surface area contributed by atoms with Crippen molar-refractivity contribution in [3.63, 3.8) is 0 Å². The average Bonchev–Trinajstić information content (AvgIpc) is 2.75. The lowest BCUT2D eigenvalue weighted by Crippen LogP contribution is -2.38. The van der Waals surface area contributed by atoms with Gasteiger partial charge in [0.1, 0.15) is 5.75 Å². The highest BCUT2D eigenvalue weighted by atomic mass is 19.4. The van der Waals surface area contributed by atoms with Crippen LogP contribution in [0.3, 0.4) is 0 Å². The molecule has 0 aromatic heterocycles. The SMILES string of the molecule is COc1cc(C(=O)NCC(=O)NC(C)c2ccc(OC(F)(F)F)cc2)cc(OC)c1OC. The number of hydrogen-bond acceptors (Lipinski definition) is 6. The maximum atomic E-state index is 12.4. The molecule has 2 amide bonds. The molecule has 1 unspecified atom stereocenters. The van der Waals surface area contributed by atoms with E-state index in [2.05, 4.69) is 15.4 Å². The Morgan fingerprint density at radius 3 is 2.00 bits per heavy atom. The van der Waals surface area contributed by atoms with E-state index in [1.807, 2.05) is 0 Å². The van der Waals surface area contributed by atoms with Gasteiger partial charge in [-0.05, 0) is 36.8 Å². The molecule has 0 aliphatic carbocycles. The minimum absolute atomic E-state index is 0.195. The third kappa shape index (κ3) is 6.69. The third-order valence-electron chi connectivity index (χ3n) is 4.33. The smallest absolute Gasteiger partial charge is 0.493 e. The number of benzene rings is 2. The Morgan fingerprint density at radius 2 is 1.53 bits per heavy atom. The summed E-state index contributed by atoms with van der Waals surface area (Å²) in [6, 6.07) is 7.49. The van der Waals surface area contributed by atoms with Crippen LogP contribution in [-0.4, -0.2) is 46.1 Å². The predicted molar refractivity (Wildman–Crippen MR) is 108 cm³/mol. The lowest BCUT2D eigenvalue weighted by molar-refractivity contribution is -0.274. The van der Waals surface area contributed by atoms with Gasteiger partial charge in [0.2, 0.25) is 11.7 Å². The maximum Gasteiger partial charge on any atom is 0.573 e. The van der Waals surface area contributed by atoms with Crippen LogP contribution in [0.25, 0.3) is 0 Å². The van der Waals surface area contributed by atoms with Crippen molar-refractivity contribution < 1.29 is 41.7 Å². The van der Waals surface area contributed by atoms with Crippen LogP contribution in [0.1, 0.15) is 28.9 Å². The number of nitrogens with one attached hydrogen (secondary N) is 2. The summed E-state index contributed by atoms with van der Waals surface area (Å²) in [5, 5.41) is 5.13. The van der Waals surface area contributed by atoms with Crippen LogP contribution >= 0.6 is 0 Å². The highest BCUT2D eigenvalue weighted by Gasteiger charge is 2.31. The Morgan fingerprint density at radius 1 is 0.969 bits per heavy atom. The minimum atomic E-state index is -4.78. The molecule has 8 nitrogen and oxygen atoms in total. The van der Waals surface area contributed by atoms with Crippen molar-refractivity contribution in [2.45, 2.75) is 19.3 Å². The van der Waals surface area contributed by atoms with Crippen LogP contribution in [0.2, 0.25) is 0 Å². The van der Waals surface area contributed by atoms with Gasteiger partial charge in [-0.15, -0.1) is 13.2 Å². The van der Waals surface area contributed by atoms with E-state index < -0.39 is 24.2 Å². The molecule has 2 N–H and O–H groups in total. The molecule has 0 fully saturated rings. The molecule has 0 saturated carbocycles. The summed E-state index contributed by atoms with van der Waals surface area (Å²) >= 11 is 0. The molecule has 32 heavy (non-hydrogen) atoms. The Hall–Kier alpha value is -3.63. The summed E-state index contributed by atoms with van der Waals surface area (Å²) in [6.45, 7) is 1.33. The summed E-state index contributed by atoms with van der Waals surface area (Å²) in [6.07, 6.45) is -4.78. The summed E-state index contributed by atoms with van der Waals surface area (Å²) in [5.74, 6) is -0.502. The van der Waals surface area contributed by atoms with Crippen LogP contribution in [-0.2, 0) is 4.79 Å². The lowest BCUT2D eigenvalue weighted by atomic mass is 10.1. The quantitative estimate of drug-likeness (QED) is 0.602. The molecule has 11 heteroatoms. The Kier molecular flexibility index (Phi) is 8.16. The first-order valence-corrected chi connectivity index (χ1v) is 9.31. The number of methoxy groups -OCH3 is 3. The van der Waals surface area contributed by atoms with Crippen molar-refractivity contribution in [1.29, 1.82) is 0 Å². The molecule has 2 rings (SSSR count). The van der Waals surface area contributed by atoms with Crippen molar-refractivity contribution in [1.82, 2.24) is 10.6 Å². The molecular weight excluding hydrogens is 433 g/mol. The lowest BCUT2D eigenvalue weighted by Gasteiger charge is -2.16. The van der Waals surface area contributed by atoms with Crippen LogP contribution in [0.4, 0.5) is 13.2 Å². The molecule has 0 spiro atoms. The second kappa shape index (κ2) is 10.6. The first-order valence-electron chi connectivity index (χ1n) is 9.31. The Labute approximate surface area is 182 Å². The van der Waals surface area contributed by atoms with Crippen molar-refractivity contribution in [3.05, 3.63) is 47.5 Å². The monoisotopic (exact) mass is 456 g/mol. The fourth-order valence-corrected chi connectivity index (χ4v) is 2.81. The van der Waals surface area contributed by atoms with E-state index in [-0.39, 0.29) is 29.4 Å². The third-order valence-corrected chi connectivity index (χ3v) is 4.33. The number of carbonyl (C=O) groups is 2. The number of hydrogen-bond donors (Lipinski definition) is 2. The highest BCUT2D eigenvalue weighted by Crippen LogP contribution is 2.38. The zero-order valence-corrected chi connectivity index (χ0v) is 17.8. The van der Waals surface area contributed by atoms with Gasteiger partial charge >= 0.3 is 6.36 Å². The van der Waals surface area contributed by atoms with Gasteiger partial charge < -0.3 is 29.6 Å². The first kappa shape index (κ1) is 24.6. The summed E-state index contributed by atoms with van der Waals surface area (Å²) in [4.78, 5) is 24.6. The zero-order chi connectivity index (χ0) is 23.9. The van der Waals surface area contributed by atoms with Gasteiger partial charge in [0, 0.05) is 5.56 Å². The molecule has 0 aliphatic heterocycles. The van der Waals surface area contributed by atoms with E-state index in [0.29, 0.717) is 11.3 Å². The van der Waals surface area contributed by atoms with Crippen LogP contribution in [0, 0.1) is 0 Å². The second-order valence-corrected chi connectivity index (χ2v) is 6.50. The molecule has 0 aliphatic rings. The Balaban J connectivity index is 1.95. The molecule has 0 bridgehead atoms. The molecule has 2 aromatic rings. The van der Waals surface area contributed by atoms with Gasteiger partial charge in [-0.25, -0.2) is 0 Å². The number of amides is 2. The zero-order valence-electron chi connectivity index (χ0n) is 17.8. The number of halogens is 3. The molecule has 174 valence electrons. The van der Waals surface area contributed by atoms with Gasteiger partial charge in [-0.1, -0.05) is 12.1 Å². The number of carbonyl (C=O) groups excluding carboxylic acids is 2. The van der Waals surface area contributed by atoms with E-state index in [1.165, 1.54) is 45.6 Å². The van der Waals surface area contributed by atoms with E-state index in [4.69, 9.17) is 14.2 Å². The minimum Gasteiger partial charge on any atom is -0.493 e. The molecule has 0 radical (unpaired) electrons. The van der Waals surface area contributed by atoms with E-state index in [9.17, 15) is 22.8 Å². The van der Waals surface area contributed by atoms with Gasteiger partial charge in [-0.3, -0.25) is 9.59 Å². The van der Waals surface area contributed by atoms with Crippen molar-refractivity contribution >= 4 is 11.8 Å². The molecule has 0 saturated heterocycles. The fraction of sp³-hybridized carbons (Fsp3) is 0.333. The highest BCUT2D eigenvalue weighted by molar-refractivity contribution is 5.97.